The molecule has 0 aromatic carbocycles. The first-order valence-electron chi connectivity index (χ1n) is 4.00. The first kappa shape index (κ1) is 7.86. The number of carbonyl (C=O) groups excluding carboxylic acids is 1. The lowest BCUT2D eigenvalue weighted by molar-refractivity contribution is 0.101. The van der Waals surface area contributed by atoms with Crippen LogP contribution in [0.5, 0.6) is 0 Å². The van der Waals surface area contributed by atoms with Gasteiger partial charge in [-0.1, -0.05) is 0 Å². The van der Waals surface area contributed by atoms with Crippen LogP contribution in [0.4, 0.5) is 0 Å². The number of rotatable bonds is 2. The highest BCUT2D eigenvalue weighted by atomic mass is 16.3. The molecule has 3 heteroatoms. The normalized spacial score (nSPS) is 10.2. The van der Waals surface area contributed by atoms with Gasteiger partial charge in [-0.3, -0.25) is 4.79 Å². The van der Waals surface area contributed by atoms with Crippen LogP contribution in [-0.2, 0) is 0 Å². The van der Waals surface area contributed by atoms with E-state index >= 15 is 0 Å². The number of furan rings is 1. The van der Waals surface area contributed by atoms with Crippen molar-refractivity contribution < 1.29 is 9.21 Å². The van der Waals surface area contributed by atoms with E-state index in [0.717, 1.165) is 5.56 Å². The Balaban J connectivity index is 2.39. The number of aryl methyl sites for hydroxylation is 1. The molecule has 0 saturated carbocycles. The van der Waals surface area contributed by atoms with Crippen LogP contribution >= 0.6 is 0 Å². The minimum atomic E-state index is -0.0799. The van der Waals surface area contributed by atoms with Crippen LogP contribution in [0.3, 0.4) is 0 Å². The molecule has 0 aliphatic heterocycles. The smallest absolute Gasteiger partial charge is 0.229 e. The summed E-state index contributed by atoms with van der Waals surface area (Å²) >= 11 is 0. The Morgan fingerprint density at radius 1 is 1.46 bits per heavy atom. The van der Waals surface area contributed by atoms with Gasteiger partial charge in [-0.2, -0.15) is 0 Å². The number of aromatic nitrogens is 1. The SMILES string of the molecule is Cc1ccoc1C(=O)c1cc[nH]c1. The monoisotopic (exact) mass is 175 g/mol. The zero-order chi connectivity index (χ0) is 9.26. The molecule has 1 N–H and O–H groups in total. The fourth-order valence-electron chi connectivity index (χ4n) is 1.20. The van der Waals surface area contributed by atoms with Gasteiger partial charge in [0, 0.05) is 18.0 Å². The van der Waals surface area contributed by atoms with Crippen LogP contribution in [0, 0.1) is 6.92 Å². The minimum absolute atomic E-state index is 0.0799. The molecule has 66 valence electrons. The van der Waals surface area contributed by atoms with Gasteiger partial charge >= 0.3 is 0 Å². The maximum absolute atomic E-state index is 11.7. The molecule has 2 aromatic rings. The zero-order valence-corrected chi connectivity index (χ0v) is 7.20. The van der Waals surface area contributed by atoms with E-state index in [4.69, 9.17) is 4.42 Å². The van der Waals surface area contributed by atoms with Crippen molar-refractivity contribution in [3.05, 3.63) is 47.7 Å². The van der Waals surface area contributed by atoms with Crippen LogP contribution in [-0.4, -0.2) is 10.8 Å². The third-order valence-corrected chi connectivity index (χ3v) is 1.93. The van der Waals surface area contributed by atoms with Gasteiger partial charge in [-0.25, -0.2) is 0 Å². The van der Waals surface area contributed by atoms with E-state index in [1.165, 1.54) is 6.26 Å². The summed E-state index contributed by atoms with van der Waals surface area (Å²) in [6.45, 7) is 1.85. The van der Waals surface area contributed by atoms with Gasteiger partial charge in [0.1, 0.15) is 0 Å². The molecule has 0 amide bonds. The predicted molar refractivity (Wildman–Crippen MR) is 47.7 cm³/mol. The molecule has 0 saturated heterocycles. The molecule has 0 radical (unpaired) electrons. The molecule has 0 aliphatic rings. The van der Waals surface area contributed by atoms with Gasteiger partial charge in [0.2, 0.25) is 5.78 Å². The molecule has 3 nitrogen and oxygen atoms in total. The summed E-state index contributed by atoms with van der Waals surface area (Å²) in [7, 11) is 0. The van der Waals surface area contributed by atoms with Gasteiger partial charge in [-0.15, -0.1) is 0 Å². The van der Waals surface area contributed by atoms with Crippen LogP contribution in [0.2, 0.25) is 0 Å². The maximum atomic E-state index is 11.7. The number of carbonyl (C=O) groups is 1. The molecule has 2 heterocycles. The number of nitrogens with one attached hydrogen (secondary N) is 1. The molecular formula is C10H9NO2. The Morgan fingerprint density at radius 3 is 2.85 bits per heavy atom. The van der Waals surface area contributed by atoms with E-state index < -0.39 is 0 Å². The lowest BCUT2D eigenvalue weighted by Crippen LogP contribution is -1.99. The van der Waals surface area contributed by atoms with E-state index in [1.54, 1.807) is 24.5 Å². The molecule has 13 heavy (non-hydrogen) atoms. The third-order valence-electron chi connectivity index (χ3n) is 1.93. The first-order chi connectivity index (χ1) is 6.29. The lowest BCUT2D eigenvalue weighted by atomic mass is 10.1. The molecule has 0 bridgehead atoms. The van der Waals surface area contributed by atoms with Crippen molar-refractivity contribution in [3.63, 3.8) is 0 Å². The standard InChI is InChI=1S/C10H9NO2/c1-7-3-5-13-10(7)9(12)8-2-4-11-6-8/h2-6,11H,1H3. The van der Waals surface area contributed by atoms with Crippen molar-refractivity contribution >= 4 is 5.78 Å². The van der Waals surface area contributed by atoms with Gasteiger partial charge in [0.05, 0.1) is 6.26 Å². The number of ketones is 1. The molecule has 2 rings (SSSR count). The minimum Gasteiger partial charge on any atom is -0.461 e. The van der Waals surface area contributed by atoms with Crippen LogP contribution in [0.15, 0.2) is 35.2 Å². The van der Waals surface area contributed by atoms with Gasteiger partial charge in [0.15, 0.2) is 5.76 Å². The highest BCUT2D eigenvalue weighted by Crippen LogP contribution is 2.14. The summed E-state index contributed by atoms with van der Waals surface area (Å²) in [5, 5.41) is 0. The maximum Gasteiger partial charge on any atom is 0.229 e. The number of aromatic amines is 1. The molecular weight excluding hydrogens is 166 g/mol. The van der Waals surface area contributed by atoms with Crippen LogP contribution in [0.25, 0.3) is 0 Å². The van der Waals surface area contributed by atoms with Crippen molar-refractivity contribution in [1.82, 2.24) is 4.98 Å². The Bertz CT molecular complexity index is 412. The molecule has 0 spiro atoms. The third kappa shape index (κ3) is 1.28. The van der Waals surface area contributed by atoms with Gasteiger partial charge < -0.3 is 9.40 Å². The largest absolute Gasteiger partial charge is 0.461 e. The second kappa shape index (κ2) is 2.94. The number of hydrogen-bond donors (Lipinski definition) is 1. The van der Waals surface area contributed by atoms with Crippen molar-refractivity contribution in [1.29, 1.82) is 0 Å². The predicted octanol–water partition coefficient (Wildman–Crippen LogP) is 2.15. The average molecular weight is 175 g/mol. The first-order valence-corrected chi connectivity index (χ1v) is 4.00. The summed E-state index contributed by atoms with van der Waals surface area (Å²) in [6, 6.07) is 3.50. The Labute approximate surface area is 75.4 Å². The van der Waals surface area contributed by atoms with Crippen molar-refractivity contribution in [2.24, 2.45) is 0 Å². The summed E-state index contributed by atoms with van der Waals surface area (Å²) in [4.78, 5) is 14.5. The van der Waals surface area contributed by atoms with Crippen LogP contribution in [0.1, 0.15) is 21.7 Å². The summed E-state index contributed by atoms with van der Waals surface area (Å²) in [6.07, 6.45) is 4.89. The zero-order valence-electron chi connectivity index (χ0n) is 7.20. The fraction of sp³-hybridized carbons (Fsp3) is 0.100. The van der Waals surface area contributed by atoms with Gasteiger partial charge in [0.25, 0.3) is 0 Å². The van der Waals surface area contributed by atoms with Crippen LogP contribution < -0.4 is 0 Å². The van der Waals surface area contributed by atoms with Gasteiger partial charge in [-0.05, 0) is 24.6 Å². The van der Waals surface area contributed by atoms with E-state index in [1.807, 2.05) is 6.92 Å². The number of hydrogen-bond acceptors (Lipinski definition) is 2. The summed E-state index contributed by atoms with van der Waals surface area (Å²) in [5.74, 6) is 0.336. The van der Waals surface area contributed by atoms with E-state index in [-0.39, 0.29) is 5.78 Å². The topological polar surface area (TPSA) is 46.0 Å². The average Bonchev–Trinajstić information content (AvgIpc) is 2.72. The summed E-state index contributed by atoms with van der Waals surface area (Å²) < 4.78 is 5.09. The van der Waals surface area contributed by atoms with E-state index in [0.29, 0.717) is 11.3 Å². The molecule has 0 unspecified atom stereocenters. The highest BCUT2D eigenvalue weighted by Gasteiger charge is 2.14. The second-order valence-electron chi connectivity index (χ2n) is 2.86. The van der Waals surface area contributed by atoms with Crippen molar-refractivity contribution in [2.45, 2.75) is 6.92 Å². The fourth-order valence-corrected chi connectivity index (χ4v) is 1.20. The van der Waals surface area contributed by atoms with Crippen molar-refractivity contribution in [3.8, 4) is 0 Å². The quantitative estimate of drug-likeness (QED) is 0.711. The molecule has 0 aliphatic carbocycles. The van der Waals surface area contributed by atoms with E-state index in [9.17, 15) is 4.79 Å². The second-order valence-corrected chi connectivity index (χ2v) is 2.86. The molecule has 0 atom stereocenters. The lowest BCUT2D eigenvalue weighted by Gasteiger charge is -1.93. The molecule has 2 aromatic heterocycles. The Kier molecular flexibility index (Phi) is 1.77. The highest BCUT2D eigenvalue weighted by molar-refractivity contribution is 6.07. The van der Waals surface area contributed by atoms with Crippen molar-refractivity contribution in [2.75, 3.05) is 0 Å². The number of H-pyrrole nitrogens is 1. The summed E-state index contributed by atoms with van der Waals surface area (Å²) in [5.41, 5.74) is 1.49. The Hall–Kier alpha value is -1.77. The van der Waals surface area contributed by atoms with E-state index in [2.05, 4.69) is 4.98 Å². The molecule has 0 fully saturated rings. The Morgan fingerprint density at radius 2 is 2.31 bits per heavy atom.